The molecule has 0 atom stereocenters. The maximum absolute atomic E-state index is 12.8. The quantitative estimate of drug-likeness (QED) is 0.815. The highest BCUT2D eigenvalue weighted by molar-refractivity contribution is 6.09. The first-order valence-corrected chi connectivity index (χ1v) is 8.86. The van der Waals surface area contributed by atoms with Crippen molar-refractivity contribution in [1.82, 2.24) is 4.90 Å². The number of nitrogens with zero attached hydrogens (tertiary/aromatic N) is 1. The molecule has 1 aliphatic heterocycles. The van der Waals surface area contributed by atoms with Gasteiger partial charge in [0.05, 0.1) is 25.3 Å². The van der Waals surface area contributed by atoms with Crippen LogP contribution in [0.3, 0.4) is 0 Å². The Kier molecular flexibility index (Phi) is 5.15. The molecule has 1 aromatic carbocycles. The van der Waals surface area contributed by atoms with Gasteiger partial charge in [0.15, 0.2) is 0 Å². The molecule has 0 unspecified atom stereocenters. The fourth-order valence-electron chi connectivity index (χ4n) is 3.88. The summed E-state index contributed by atoms with van der Waals surface area (Å²) in [6.07, 6.45) is 4.71. The number of carbonyl (C=O) groups is 3. The number of amides is 3. The summed E-state index contributed by atoms with van der Waals surface area (Å²) in [4.78, 5) is 38.7. The molecule has 7 nitrogen and oxygen atoms in total. The fraction of sp³-hybridized carbons (Fsp3) is 0.526. The molecular weight excluding hydrogens is 336 g/mol. The van der Waals surface area contributed by atoms with Crippen molar-refractivity contribution in [2.45, 2.75) is 38.5 Å². The van der Waals surface area contributed by atoms with Crippen molar-refractivity contribution in [2.24, 2.45) is 5.41 Å². The van der Waals surface area contributed by atoms with Gasteiger partial charge < -0.3 is 14.8 Å². The molecule has 1 aliphatic carbocycles. The molecule has 1 N–H and O–H groups in total. The van der Waals surface area contributed by atoms with Gasteiger partial charge in [0.1, 0.15) is 18.0 Å². The normalized spacial score (nSPS) is 18.9. The molecule has 0 bridgehead atoms. The van der Waals surface area contributed by atoms with Crippen LogP contribution in [-0.4, -0.2) is 43.4 Å². The lowest BCUT2D eigenvalue weighted by molar-refractivity contribution is -0.144. The van der Waals surface area contributed by atoms with E-state index in [-0.39, 0.29) is 24.8 Å². The average Bonchev–Trinajstić information content (AvgIpc) is 2.86. The first-order valence-electron chi connectivity index (χ1n) is 8.86. The van der Waals surface area contributed by atoms with Crippen LogP contribution in [0.4, 0.5) is 5.69 Å². The van der Waals surface area contributed by atoms with Gasteiger partial charge in [-0.3, -0.25) is 19.3 Å². The molecule has 26 heavy (non-hydrogen) atoms. The molecule has 0 radical (unpaired) electrons. The average molecular weight is 360 g/mol. The first kappa shape index (κ1) is 18.2. The summed E-state index contributed by atoms with van der Waals surface area (Å²) in [6.45, 7) is -0.278. The molecule has 2 aliphatic rings. The van der Waals surface area contributed by atoms with Crippen molar-refractivity contribution in [3.63, 3.8) is 0 Å². The number of likely N-dealkylation sites (tertiary alicyclic amines) is 1. The van der Waals surface area contributed by atoms with Crippen molar-refractivity contribution in [3.8, 4) is 11.5 Å². The van der Waals surface area contributed by atoms with E-state index in [1.807, 2.05) is 0 Å². The van der Waals surface area contributed by atoms with E-state index in [4.69, 9.17) is 9.47 Å². The Labute approximate surface area is 152 Å². The van der Waals surface area contributed by atoms with Crippen LogP contribution in [-0.2, 0) is 14.4 Å². The van der Waals surface area contributed by atoms with E-state index >= 15 is 0 Å². The molecule has 140 valence electrons. The van der Waals surface area contributed by atoms with Crippen LogP contribution >= 0.6 is 0 Å². The van der Waals surface area contributed by atoms with Gasteiger partial charge in [-0.1, -0.05) is 19.3 Å². The molecule has 0 aromatic heterocycles. The summed E-state index contributed by atoms with van der Waals surface area (Å²) in [7, 11) is 3.02. The van der Waals surface area contributed by atoms with Crippen molar-refractivity contribution in [1.29, 1.82) is 0 Å². The van der Waals surface area contributed by atoms with Gasteiger partial charge in [-0.15, -0.1) is 0 Å². The monoisotopic (exact) mass is 360 g/mol. The summed E-state index contributed by atoms with van der Waals surface area (Å²) < 4.78 is 10.4. The van der Waals surface area contributed by atoms with Gasteiger partial charge >= 0.3 is 0 Å². The van der Waals surface area contributed by atoms with Gasteiger partial charge in [-0.05, 0) is 25.0 Å². The second kappa shape index (κ2) is 7.35. The highest BCUT2D eigenvalue weighted by atomic mass is 16.5. The lowest BCUT2D eigenvalue weighted by Gasteiger charge is -2.30. The number of nitrogens with one attached hydrogen (secondary N) is 1. The smallest absolute Gasteiger partial charge is 0.244 e. The second-order valence-corrected chi connectivity index (χ2v) is 6.92. The number of hydrogen-bond acceptors (Lipinski definition) is 5. The highest BCUT2D eigenvalue weighted by Crippen LogP contribution is 2.45. The number of carbonyl (C=O) groups excluding carboxylic acids is 3. The third-order valence-corrected chi connectivity index (χ3v) is 5.28. The third kappa shape index (κ3) is 3.38. The number of methoxy groups -OCH3 is 2. The Bertz CT molecular complexity index is 725. The third-order valence-electron chi connectivity index (χ3n) is 5.28. The fourth-order valence-corrected chi connectivity index (χ4v) is 3.88. The Hall–Kier alpha value is -2.57. The number of anilines is 1. The Morgan fingerprint density at radius 2 is 1.88 bits per heavy atom. The lowest BCUT2D eigenvalue weighted by Crippen LogP contribution is -2.41. The van der Waals surface area contributed by atoms with Crippen LogP contribution in [0.2, 0.25) is 0 Å². The highest BCUT2D eigenvalue weighted by Gasteiger charge is 2.51. The Morgan fingerprint density at radius 1 is 1.15 bits per heavy atom. The molecule has 2 fully saturated rings. The van der Waals surface area contributed by atoms with Crippen LogP contribution < -0.4 is 14.8 Å². The van der Waals surface area contributed by atoms with E-state index in [0.717, 1.165) is 37.0 Å². The topological polar surface area (TPSA) is 84.9 Å². The molecule has 1 spiro atoms. The second-order valence-electron chi connectivity index (χ2n) is 6.92. The summed E-state index contributed by atoms with van der Waals surface area (Å²) >= 11 is 0. The van der Waals surface area contributed by atoms with Gasteiger partial charge in [-0.25, -0.2) is 0 Å². The van der Waals surface area contributed by atoms with Crippen LogP contribution in [0.15, 0.2) is 18.2 Å². The van der Waals surface area contributed by atoms with Crippen molar-refractivity contribution < 1.29 is 23.9 Å². The molecule has 7 heteroatoms. The van der Waals surface area contributed by atoms with E-state index in [1.54, 1.807) is 18.2 Å². The maximum atomic E-state index is 12.8. The van der Waals surface area contributed by atoms with Gasteiger partial charge in [0.25, 0.3) is 0 Å². The predicted octanol–water partition coefficient (Wildman–Crippen LogP) is 2.35. The summed E-state index contributed by atoms with van der Waals surface area (Å²) in [5.74, 6) is 0.142. The number of rotatable bonds is 5. The standard InChI is InChI=1S/C19H24N2O5/c1-25-13-6-7-15(26-2)14(10-13)20-16(22)12-21-17(23)11-19(18(21)24)8-4-3-5-9-19/h6-7,10H,3-5,8-9,11-12H2,1-2H3,(H,20,22). The SMILES string of the molecule is COc1ccc(OC)c(NC(=O)CN2C(=O)CC3(CCCCC3)C2=O)c1. The summed E-state index contributed by atoms with van der Waals surface area (Å²) in [5, 5.41) is 2.71. The van der Waals surface area contributed by atoms with Gasteiger partial charge in [0.2, 0.25) is 17.7 Å². The summed E-state index contributed by atoms with van der Waals surface area (Å²) in [5.41, 5.74) is -0.146. The van der Waals surface area contributed by atoms with Gasteiger partial charge in [-0.2, -0.15) is 0 Å². The molecule has 1 heterocycles. The van der Waals surface area contributed by atoms with Crippen LogP contribution in [0.1, 0.15) is 38.5 Å². The first-order chi connectivity index (χ1) is 12.5. The van der Waals surface area contributed by atoms with Gasteiger partial charge in [0, 0.05) is 12.5 Å². The zero-order valence-corrected chi connectivity index (χ0v) is 15.2. The van der Waals surface area contributed by atoms with Crippen molar-refractivity contribution >= 4 is 23.4 Å². The molecule has 3 rings (SSSR count). The van der Waals surface area contributed by atoms with E-state index in [0.29, 0.717) is 17.2 Å². The molecular formula is C19H24N2O5. The van der Waals surface area contributed by atoms with E-state index in [9.17, 15) is 14.4 Å². The molecule has 3 amide bonds. The number of ether oxygens (including phenoxy) is 2. The molecule has 1 aromatic rings. The van der Waals surface area contributed by atoms with Crippen molar-refractivity contribution in [3.05, 3.63) is 18.2 Å². The number of benzene rings is 1. The number of hydrogen-bond donors (Lipinski definition) is 1. The van der Waals surface area contributed by atoms with E-state index in [1.165, 1.54) is 14.2 Å². The number of imide groups is 1. The minimum absolute atomic E-state index is 0.199. The lowest BCUT2D eigenvalue weighted by atomic mass is 9.73. The zero-order chi connectivity index (χ0) is 18.7. The maximum Gasteiger partial charge on any atom is 0.244 e. The minimum Gasteiger partial charge on any atom is -0.497 e. The largest absolute Gasteiger partial charge is 0.497 e. The Morgan fingerprint density at radius 3 is 2.54 bits per heavy atom. The predicted molar refractivity (Wildman–Crippen MR) is 95.0 cm³/mol. The minimum atomic E-state index is -0.580. The van der Waals surface area contributed by atoms with Crippen LogP contribution in [0, 0.1) is 5.41 Å². The van der Waals surface area contributed by atoms with E-state index in [2.05, 4.69) is 5.32 Å². The van der Waals surface area contributed by atoms with Crippen LogP contribution in [0.5, 0.6) is 11.5 Å². The van der Waals surface area contributed by atoms with E-state index < -0.39 is 11.3 Å². The Balaban J connectivity index is 1.70. The summed E-state index contributed by atoms with van der Waals surface area (Å²) in [6, 6.07) is 5.03. The zero-order valence-electron chi connectivity index (χ0n) is 15.2. The molecule has 1 saturated carbocycles. The molecule has 1 saturated heterocycles. The van der Waals surface area contributed by atoms with Crippen molar-refractivity contribution in [2.75, 3.05) is 26.1 Å². The van der Waals surface area contributed by atoms with Crippen LogP contribution in [0.25, 0.3) is 0 Å².